The van der Waals surface area contributed by atoms with E-state index in [0.29, 0.717) is 18.8 Å². The lowest BCUT2D eigenvalue weighted by atomic mass is 10.2. The van der Waals surface area contributed by atoms with Gasteiger partial charge in [-0.3, -0.25) is 0 Å². The van der Waals surface area contributed by atoms with Crippen LogP contribution in [0.15, 0.2) is 24.5 Å². The van der Waals surface area contributed by atoms with Crippen LogP contribution in [0.2, 0.25) is 18.1 Å². The zero-order valence-electron chi connectivity index (χ0n) is 14.8. The molecule has 6 heteroatoms. The van der Waals surface area contributed by atoms with E-state index in [2.05, 4.69) is 39.0 Å². The zero-order valence-corrected chi connectivity index (χ0v) is 15.8. The van der Waals surface area contributed by atoms with Crippen molar-refractivity contribution in [3.05, 3.63) is 35.7 Å². The van der Waals surface area contributed by atoms with E-state index in [1.165, 1.54) is 0 Å². The van der Waals surface area contributed by atoms with Gasteiger partial charge in [0.25, 0.3) is 0 Å². The quantitative estimate of drug-likeness (QED) is 0.612. The van der Waals surface area contributed by atoms with E-state index in [0.717, 1.165) is 11.1 Å². The predicted molar refractivity (Wildman–Crippen MR) is 93.1 cm³/mol. The topological polar surface area (TPSA) is 52.8 Å². The van der Waals surface area contributed by atoms with Gasteiger partial charge in [-0.1, -0.05) is 20.8 Å². The van der Waals surface area contributed by atoms with Crippen molar-refractivity contribution < 1.29 is 14.0 Å². The highest BCUT2D eigenvalue weighted by Crippen LogP contribution is 2.37. The fourth-order valence-corrected chi connectivity index (χ4v) is 2.91. The molecule has 126 valence electrons. The van der Waals surface area contributed by atoms with Crippen LogP contribution in [0.1, 0.15) is 43.6 Å². The number of carbonyl (C=O) groups excluding carboxylic acids is 1. The lowest BCUT2D eigenvalue weighted by Gasteiger charge is -2.36. The highest BCUT2D eigenvalue weighted by Gasteiger charge is 2.37. The molecule has 0 unspecified atom stereocenters. The molecule has 0 N–H and O–H groups in total. The largest absolute Gasteiger partial charge is 0.462 e. The van der Waals surface area contributed by atoms with Crippen LogP contribution in [0.3, 0.4) is 0 Å². The molecule has 0 aromatic carbocycles. The monoisotopic (exact) mass is 334 g/mol. The molecular weight excluding hydrogens is 308 g/mol. The Morgan fingerprint density at radius 1 is 1.35 bits per heavy atom. The molecule has 23 heavy (non-hydrogen) atoms. The molecule has 0 aliphatic heterocycles. The minimum Gasteiger partial charge on any atom is -0.462 e. The molecule has 0 spiro atoms. The maximum absolute atomic E-state index is 11.9. The highest BCUT2D eigenvalue weighted by atomic mass is 28.4. The summed E-state index contributed by atoms with van der Waals surface area (Å²) in [6.07, 6.45) is 3.58. The second-order valence-electron chi connectivity index (χ2n) is 7.18. The maximum atomic E-state index is 11.9. The van der Waals surface area contributed by atoms with Crippen LogP contribution in [0, 0.1) is 0 Å². The van der Waals surface area contributed by atoms with Crippen molar-refractivity contribution in [2.24, 2.45) is 0 Å². The Balaban J connectivity index is 2.25. The van der Waals surface area contributed by atoms with Crippen molar-refractivity contribution in [1.82, 2.24) is 9.61 Å². The lowest BCUT2D eigenvalue weighted by molar-refractivity contribution is 0.0526. The first-order valence-corrected chi connectivity index (χ1v) is 10.8. The van der Waals surface area contributed by atoms with Gasteiger partial charge in [0, 0.05) is 11.8 Å². The smallest absolute Gasteiger partial charge is 0.338 e. The summed E-state index contributed by atoms with van der Waals surface area (Å²) in [7, 11) is -1.83. The van der Waals surface area contributed by atoms with Crippen LogP contribution in [-0.4, -0.2) is 30.5 Å². The SMILES string of the molecule is CCOC(=O)c1ccn2ncc(CO[Si](C)(C)C(C)(C)C)c2c1. The lowest BCUT2D eigenvalue weighted by Crippen LogP contribution is -2.40. The van der Waals surface area contributed by atoms with Crippen LogP contribution in [0.25, 0.3) is 5.52 Å². The summed E-state index contributed by atoms with van der Waals surface area (Å²) in [6.45, 7) is 13.8. The Kier molecular flexibility index (Phi) is 4.96. The molecule has 0 atom stereocenters. The summed E-state index contributed by atoms with van der Waals surface area (Å²) in [4.78, 5) is 11.9. The maximum Gasteiger partial charge on any atom is 0.338 e. The third-order valence-electron chi connectivity index (χ3n) is 4.51. The molecule has 2 heterocycles. The van der Waals surface area contributed by atoms with Gasteiger partial charge in [0.05, 0.1) is 30.5 Å². The van der Waals surface area contributed by atoms with Crippen molar-refractivity contribution >= 4 is 19.8 Å². The minimum absolute atomic E-state index is 0.159. The first kappa shape index (κ1) is 17.7. The third kappa shape index (κ3) is 3.82. The molecule has 2 aromatic rings. The van der Waals surface area contributed by atoms with E-state index in [1.807, 2.05) is 6.07 Å². The molecule has 0 aliphatic rings. The summed E-state index contributed by atoms with van der Waals surface area (Å²) in [5.41, 5.74) is 2.41. The van der Waals surface area contributed by atoms with Gasteiger partial charge in [0.2, 0.25) is 0 Å². The van der Waals surface area contributed by atoms with Gasteiger partial charge in [0.1, 0.15) is 0 Å². The summed E-state index contributed by atoms with van der Waals surface area (Å²) >= 11 is 0. The van der Waals surface area contributed by atoms with Crippen molar-refractivity contribution in [2.75, 3.05) is 6.61 Å². The van der Waals surface area contributed by atoms with E-state index in [9.17, 15) is 4.79 Å². The molecule has 0 saturated heterocycles. The molecule has 5 nitrogen and oxygen atoms in total. The molecule has 2 rings (SSSR count). The van der Waals surface area contributed by atoms with Gasteiger partial charge in [-0.05, 0) is 37.2 Å². The summed E-state index contributed by atoms with van der Waals surface area (Å²) in [5.74, 6) is -0.313. The zero-order chi connectivity index (χ0) is 17.3. The molecular formula is C17H26N2O3Si. The van der Waals surface area contributed by atoms with Gasteiger partial charge >= 0.3 is 5.97 Å². The second kappa shape index (κ2) is 6.45. The van der Waals surface area contributed by atoms with E-state index in [-0.39, 0.29) is 11.0 Å². The number of hydrogen-bond donors (Lipinski definition) is 0. The third-order valence-corrected chi connectivity index (χ3v) is 8.99. The Bertz CT molecular complexity index is 701. The van der Waals surface area contributed by atoms with Crippen LogP contribution in [0.4, 0.5) is 0 Å². The van der Waals surface area contributed by atoms with Crippen LogP contribution >= 0.6 is 0 Å². The highest BCUT2D eigenvalue weighted by molar-refractivity contribution is 6.74. The van der Waals surface area contributed by atoms with Crippen molar-refractivity contribution in [3.8, 4) is 0 Å². The number of carbonyl (C=O) groups is 1. The normalized spacial score (nSPS) is 12.6. The summed E-state index contributed by atoms with van der Waals surface area (Å²) < 4.78 is 13.1. The van der Waals surface area contributed by atoms with E-state index < -0.39 is 8.32 Å². The van der Waals surface area contributed by atoms with E-state index in [4.69, 9.17) is 9.16 Å². The van der Waals surface area contributed by atoms with Gasteiger partial charge in [-0.25, -0.2) is 9.31 Å². The number of rotatable bonds is 5. The second-order valence-corrected chi connectivity index (χ2v) is 12.0. The minimum atomic E-state index is -1.83. The Morgan fingerprint density at radius 2 is 2.04 bits per heavy atom. The number of aromatic nitrogens is 2. The van der Waals surface area contributed by atoms with Gasteiger partial charge < -0.3 is 9.16 Å². The van der Waals surface area contributed by atoms with Crippen LogP contribution in [0.5, 0.6) is 0 Å². The van der Waals surface area contributed by atoms with E-state index in [1.54, 1.807) is 29.9 Å². The van der Waals surface area contributed by atoms with Crippen LogP contribution in [-0.2, 0) is 15.8 Å². The van der Waals surface area contributed by atoms with Crippen molar-refractivity contribution in [3.63, 3.8) is 0 Å². The number of hydrogen-bond acceptors (Lipinski definition) is 4. The summed E-state index contributed by atoms with van der Waals surface area (Å²) in [5, 5.41) is 4.49. The number of esters is 1. The standard InChI is InChI=1S/C17H26N2O3Si/c1-7-21-16(20)13-8-9-19-15(10-13)14(11-18-19)12-22-23(5,6)17(2,3)4/h8-11H,7,12H2,1-6H3. The first-order chi connectivity index (χ1) is 10.7. The number of nitrogens with zero attached hydrogens (tertiary/aromatic N) is 2. The fraction of sp³-hybridized carbons (Fsp3) is 0.529. The van der Waals surface area contributed by atoms with Gasteiger partial charge in [-0.2, -0.15) is 5.10 Å². The van der Waals surface area contributed by atoms with Crippen molar-refractivity contribution in [1.29, 1.82) is 0 Å². The molecule has 0 bridgehead atoms. The number of pyridine rings is 1. The van der Waals surface area contributed by atoms with Crippen molar-refractivity contribution in [2.45, 2.75) is 52.4 Å². The average Bonchev–Trinajstić information content (AvgIpc) is 2.86. The Labute approximate surface area is 138 Å². The summed E-state index contributed by atoms with van der Waals surface area (Å²) in [6, 6.07) is 3.53. The van der Waals surface area contributed by atoms with Gasteiger partial charge in [0.15, 0.2) is 8.32 Å². The predicted octanol–water partition coefficient (Wildman–Crippen LogP) is 4.03. The molecule has 0 aliphatic carbocycles. The molecule has 0 radical (unpaired) electrons. The molecule has 0 amide bonds. The Hall–Kier alpha value is -1.66. The molecule has 0 saturated carbocycles. The molecule has 0 fully saturated rings. The first-order valence-electron chi connectivity index (χ1n) is 7.93. The molecule has 2 aromatic heterocycles. The Morgan fingerprint density at radius 3 is 2.65 bits per heavy atom. The number of fused-ring (bicyclic) bond motifs is 1. The average molecular weight is 334 g/mol. The fourth-order valence-electron chi connectivity index (χ4n) is 1.96. The number of ether oxygens (including phenoxy) is 1. The van der Waals surface area contributed by atoms with Crippen LogP contribution < -0.4 is 0 Å². The van der Waals surface area contributed by atoms with E-state index >= 15 is 0 Å². The van der Waals surface area contributed by atoms with Gasteiger partial charge in [-0.15, -0.1) is 0 Å².